The Hall–Kier alpha value is -1.15. The van der Waals surface area contributed by atoms with Gasteiger partial charge in [0.2, 0.25) is 0 Å². The summed E-state index contributed by atoms with van der Waals surface area (Å²) in [5.74, 6) is 5.11. The summed E-state index contributed by atoms with van der Waals surface area (Å²) >= 11 is 1.71. The van der Waals surface area contributed by atoms with Gasteiger partial charge in [0.1, 0.15) is 18.5 Å². The molecule has 0 saturated heterocycles. The molecular formula is C16H23NO2S. The Morgan fingerprint density at radius 2 is 2.25 bits per heavy atom. The fourth-order valence-corrected chi connectivity index (χ4v) is 2.20. The Morgan fingerprint density at radius 1 is 1.45 bits per heavy atom. The summed E-state index contributed by atoms with van der Waals surface area (Å²) in [6, 6.07) is 6.07. The second-order valence-electron chi connectivity index (χ2n) is 4.69. The molecule has 20 heavy (non-hydrogen) atoms. The molecule has 2 N–H and O–H groups in total. The van der Waals surface area contributed by atoms with Gasteiger partial charge >= 0.3 is 0 Å². The summed E-state index contributed by atoms with van der Waals surface area (Å²) < 4.78 is 5.65. The number of hydrogen-bond acceptors (Lipinski definition) is 4. The zero-order valence-corrected chi connectivity index (χ0v) is 13.0. The van der Waals surface area contributed by atoms with Gasteiger partial charge in [-0.15, -0.1) is 18.2 Å². The van der Waals surface area contributed by atoms with E-state index in [1.165, 1.54) is 0 Å². The van der Waals surface area contributed by atoms with Crippen molar-refractivity contribution in [2.45, 2.75) is 20.0 Å². The van der Waals surface area contributed by atoms with Crippen LogP contribution in [0, 0.1) is 26.2 Å². The second-order valence-corrected chi connectivity index (χ2v) is 5.80. The van der Waals surface area contributed by atoms with E-state index in [9.17, 15) is 5.11 Å². The molecule has 4 heteroatoms. The highest BCUT2D eigenvalue weighted by atomic mass is 32.2. The van der Waals surface area contributed by atoms with E-state index >= 15 is 0 Å². The van der Waals surface area contributed by atoms with Crippen LogP contribution in [0.3, 0.4) is 0 Å². The van der Waals surface area contributed by atoms with Gasteiger partial charge < -0.3 is 15.2 Å². The minimum absolute atomic E-state index is 0.300. The van der Waals surface area contributed by atoms with E-state index < -0.39 is 6.10 Å². The molecule has 0 aromatic heterocycles. The lowest BCUT2D eigenvalue weighted by molar-refractivity contribution is 0.106. The number of ether oxygens (including phenoxy) is 1. The van der Waals surface area contributed by atoms with Crippen LogP contribution in [-0.2, 0) is 0 Å². The van der Waals surface area contributed by atoms with Crippen LogP contribution in [0.25, 0.3) is 0 Å². The lowest BCUT2D eigenvalue weighted by Gasteiger charge is -2.15. The van der Waals surface area contributed by atoms with Crippen LogP contribution < -0.4 is 10.1 Å². The lowest BCUT2D eigenvalue weighted by atomic mass is 10.1. The Kier molecular flexibility index (Phi) is 8.20. The SMILES string of the molecule is C#CCSCCNCC(O)COc1cc(C)ccc1C. The van der Waals surface area contributed by atoms with Crippen molar-refractivity contribution in [2.75, 3.05) is 31.2 Å². The van der Waals surface area contributed by atoms with Crippen molar-refractivity contribution < 1.29 is 9.84 Å². The monoisotopic (exact) mass is 293 g/mol. The molecule has 110 valence electrons. The smallest absolute Gasteiger partial charge is 0.122 e. The Labute approximate surface area is 126 Å². The van der Waals surface area contributed by atoms with Crippen LogP contribution in [0.15, 0.2) is 18.2 Å². The molecule has 0 amide bonds. The van der Waals surface area contributed by atoms with E-state index in [-0.39, 0.29) is 0 Å². The molecule has 0 aliphatic carbocycles. The number of hydrogen-bond donors (Lipinski definition) is 2. The molecule has 0 aliphatic heterocycles. The lowest BCUT2D eigenvalue weighted by Crippen LogP contribution is -2.32. The summed E-state index contributed by atoms with van der Waals surface area (Å²) in [5.41, 5.74) is 2.24. The van der Waals surface area contributed by atoms with Crippen molar-refractivity contribution in [2.24, 2.45) is 0 Å². The molecule has 1 rings (SSSR count). The molecule has 0 saturated carbocycles. The zero-order valence-electron chi connectivity index (χ0n) is 12.2. The number of aryl methyl sites for hydroxylation is 2. The first kappa shape index (κ1) is 16.9. The summed E-state index contributed by atoms with van der Waals surface area (Å²) in [6.45, 7) is 5.70. The maximum atomic E-state index is 9.85. The average Bonchev–Trinajstić information content (AvgIpc) is 2.43. The van der Waals surface area contributed by atoms with Crippen LogP contribution >= 0.6 is 11.8 Å². The molecule has 1 atom stereocenters. The van der Waals surface area contributed by atoms with Crippen LogP contribution in [0.4, 0.5) is 0 Å². The van der Waals surface area contributed by atoms with E-state index in [0.29, 0.717) is 13.2 Å². The highest BCUT2D eigenvalue weighted by Gasteiger charge is 2.06. The topological polar surface area (TPSA) is 41.5 Å². The second kappa shape index (κ2) is 9.71. The fraction of sp³-hybridized carbons (Fsp3) is 0.500. The highest BCUT2D eigenvalue weighted by molar-refractivity contribution is 7.99. The van der Waals surface area contributed by atoms with Crippen LogP contribution in [0.1, 0.15) is 11.1 Å². The summed E-state index contributed by atoms with van der Waals surface area (Å²) in [5, 5.41) is 13.0. The first-order valence-corrected chi connectivity index (χ1v) is 7.89. The molecule has 1 aromatic rings. The van der Waals surface area contributed by atoms with Crippen molar-refractivity contribution in [3.8, 4) is 18.1 Å². The summed E-state index contributed by atoms with van der Waals surface area (Å²) in [4.78, 5) is 0. The summed E-state index contributed by atoms with van der Waals surface area (Å²) in [6.07, 6.45) is 4.65. The molecule has 0 bridgehead atoms. The van der Waals surface area contributed by atoms with Gasteiger partial charge in [-0.3, -0.25) is 0 Å². The van der Waals surface area contributed by atoms with Crippen molar-refractivity contribution in [1.29, 1.82) is 0 Å². The third-order valence-corrected chi connectivity index (χ3v) is 3.63. The molecule has 0 aliphatic rings. The molecule has 3 nitrogen and oxygen atoms in total. The van der Waals surface area contributed by atoms with Gasteiger partial charge in [0.05, 0.1) is 5.75 Å². The molecule has 0 heterocycles. The number of thioether (sulfide) groups is 1. The largest absolute Gasteiger partial charge is 0.491 e. The van der Waals surface area contributed by atoms with Gasteiger partial charge in [0.15, 0.2) is 0 Å². The predicted octanol–water partition coefficient (Wildman–Crippen LogP) is 2.00. The zero-order chi connectivity index (χ0) is 14.8. The highest BCUT2D eigenvalue weighted by Crippen LogP contribution is 2.19. The predicted molar refractivity (Wildman–Crippen MR) is 86.4 cm³/mol. The van der Waals surface area contributed by atoms with E-state index in [4.69, 9.17) is 11.2 Å². The quantitative estimate of drug-likeness (QED) is 0.540. The van der Waals surface area contributed by atoms with E-state index in [0.717, 1.165) is 34.9 Å². The van der Waals surface area contributed by atoms with Crippen molar-refractivity contribution in [1.82, 2.24) is 5.32 Å². The Balaban J connectivity index is 2.18. The molecule has 0 spiro atoms. The standard InChI is InChI=1S/C16H23NO2S/c1-4-8-20-9-7-17-11-15(18)12-19-16-10-13(2)5-6-14(16)3/h1,5-6,10,15,17-18H,7-9,11-12H2,2-3H3. The maximum absolute atomic E-state index is 9.85. The van der Waals surface area contributed by atoms with Gasteiger partial charge in [0, 0.05) is 18.8 Å². The Morgan fingerprint density at radius 3 is 3.00 bits per heavy atom. The normalized spacial score (nSPS) is 11.9. The number of aliphatic hydroxyl groups is 1. The van der Waals surface area contributed by atoms with Gasteiger partial charge in [-0.1, -0.05) is 18.1 Å². The molecule has 0 fully saturated rings. The number of rotatable bonds is 9. The number of terminal acetylenes is 1. The number of benzene rings is 1. The number of aliphatic hydroxyl groups excluding tert-OH is 1. The van der Waals surface area contributed by atoms with E-state index in [1.54, 1.807) is 11.8 Å². The third-order valence-electron chi connectivity index (χ3n) is 2.76. The van der Waals surface area contributed by atoms with Crippen molar-refractivity contribution >= 4 is 11.8 Å². The summed E-state index contributed by atoms with van der Waals surface area (Å²) in [7, 11) is 0. The maximum Gasteiger partial charge on any atom is 0.122 e. The first-order valence-electron chi connectivity index (χ1n) is 6.73. The molecule has 1 unspecified atom stereocenters. The number of nitrogens with one attached hydrogen (secondary N) is 1. The van der Waals surface area contributed by atoms with Crippen molar-refractivity contribution in [3.05, 3.63) is 29.3 Å². The molecular weight excluding hydrogens is 270 g/mol. The molecule has 0 radical (unpaired) electrons. The fourth-order valence-electron chi connectivity index (χ4n) is 1.65. The minimum atomic E-state index is -0.507. The first-order chi connectivity index (χ1) is 9.63. The minimum Gasteiger partial charge on any atom is -0.491 e. The Bertz CT molecular complexity index is 443. The van der Waals surface area contributed by atoms with Gasteiger partial charge in [-0.25, -0.2) is 0 Å². The van der Waals surface area contributed by atoms with E-state index in [1.807, 2.05) is 32.0 Å². The van der Waals surface area contributed by atoms with Crippen LogP contribution in [0.2, 0.25) is 0 Å². The molecule has 1 aromatic carbocycles. The van der Waals surface area contributed by atoms with Crippen LogP contribution in [0.5, 0.6) is 5.75 Å². The third kappa shape index (κ3) is 6.85. The van der Waals surface area contributed by atoms with E-state index in [2.05, 4.69) is 11.2 Å². The van der Waals surface area contributed by atoms with Gasteiger partial charge in [0.25, 0.3) is 0 Å². The van der Waals surface area contributed by atoms with Crippen LogP contribution in [-0.4, -0.2) is 42.4 Å². The average molecular weight is 293 g/mol. The van der Waals surface area contributed by atoms with Crippen molar-refractivity contribution in [3.63, 3.8) is 0 Å². The van der Waals surface area contributed by atoms with Gasteiger partial charge in [-0.05, 0) is 31.0 Å². The van der Waals surface area contributed by atoms with Gasteiger partial charge in [-0.2, -0.15) is 0 Å².